The lowest BCUT2D eigenvalue weighted by molar-refractivity contribution is -0.118. The first-order valence-corrected chi connectivity index (χ1v) is 7.72. The van der Waals surface area contributed by atoms with E-state index in [0.29, 0.717) is 6.54 Å². The van der Waals surface area contributed by atoms with Gasteiger partial charge >= 0.3 is 0 Å². The normalized spacial score (nSPS) is 10.9. The molecule has 0 spiro atoms. The van der Waals surface area contributed by atoms with Crippen LogP contribution in [0.25, 0.3) is 6.08 Å². The van der Waals surface area contributed by atoms with Gasteiger partial charge in [-0.15, -0.1) is 0 Å². The summed E-state index contributed by atoms with van der Waals surface area (Å²) in [6, 6.07) is 8.78. The number of carbonyl (C=O) groups excluding carboxylic acids is 1. The van der Waals surface area contributed by atoms with E-state index in [-0.39, 0.29) is 5.91 Å². The number of nitrogens with one attached hydrogen (secondary N) is 1. The molecular formula is C18H27NO. The van der Waals surface area contributed by atoms with Crippen LogP contribution >= 0.6 is 0 Å². The average molecular weight is 273 g/mol. The van der Waals surface area contributed by atoms with Gasteiger partial charge < -0.3 is 5.32 Å². The molecule has 20 heavy (non-hydrogen) atoms. The number of benzene rings is 1. The summed E-state index contributed by atoms with van der Waals surface area (Å²) in [5.74, 6) is 0.0332. The van der Waals surface area contributed by atoms with Crippen LogP contribution in [0.2, 0.25) is 0 Å². The van der Waals surface area contributed by atoms with E-state index in [0.717, 1.165) is 6.42 Å². The molecule has 1 rings (SSSR count). The Morgan fingerprint density at radius 3 is 2.55 bits per heavy atom. The molecule has 0 aromatic heterocycles. The van der Waals surface area contributed by atoms with Gasteiger partial charge in [0.2, 0.25) is 5.91 Å². The lowest BCUT2D eigenvalue weighted by Crippen LogP contribution is -2.20. The van der Waals surface area contributed by atoms with Crippen molar-refractivity contribution in [2.24, 2.45) is 0 Å². The van der Waals surface area contributed by atoms with Crippen molar-refractivity contribution in [2.75, 3.05) is 6.54 Å². The summed E-state index contributed by atoms with van der Waals surface area (Å²) in [4.78, 5) is 10.7. The lowest BCUT2D eigenvalue weighted by atomic mass is 10.0. The molecule has 0 saturated carbocycles. The van der Waals surface area contributed by atoms with E-state index in [1.807, 2.05) is 0 Å². The number of rotatable bonds is 9. The van der Waals surface area contributed by atoms with Crippen molar-refractivity contribution in [3.05, 3.63) is 41.5 Å². The van der Waals surface area contributed by atoms with Gasteiger partial charge in [-0.3, -0.25) is 4.79 Å². The first-order chi connectivity index (χ1) is 9.72. The molecule has 2 nitrogen and oxygen atoms in total. The molecule has 1 aromatic carbocycles. The third kappa shape index (κ3) is 7.78. The predicted molar refractivity (Wildman–Crippen MR) is 86.6 cm³/mol. The first-order valence-electron chi connectivity index (χ1n) is 7.72. The van der Waals surface area contributed by atoms with Crippen LogP contribution in [-0.2, 0) is 11.2 Å². The zero-order valence-electron chi connectivity index (χ0n) is 12.8. The van der Waals surface area contributed by atoms with Crippen LogP contribution in [0.15, 0.2) is 30.3 Å². The van der Waals surface area contributed by atoms with Crippen molar-refractivity contribution in [2.45, 2.75) is 52.4 Å². The zero-order chi connectivity index (χ0) is 14.6. The van der Waals surface area contributed by atoms with Crippen molar-refractivity contribution in [1.29, 1.82) is 0 Å². The second-order valence-electron chi connectivity index (χ2n) is 5.23. The van der Waals surface area contributed by atoms with Crippen molar-refractivity contribution in [1.82, 2.24) is 5.32 Å². The summed E-state index contributed by atoms with van der Waals surface area (Å²) in [6.07, 6.45) is 11.5. The third-order valence-electron chi connectivity index (χ3n) is 3.29. The average Bonchev–Trinajstić information content (AvgIpc) is 2.44. The number of unbranched alkanes of at least 4 members (excludes halogenated alkanes) is 3. The zero-order valence-corrected chi connectivity index (χ0v) is 12.8. The van der Waals surface area contributed by atoms with Gasteiger partial charge in [-0.05, 0) is 30.4 Å². The van der Waals surface area contributed by atoms with Crippen molar-refractivity contribution >= 4 is 12.0 Å². The Morgan fingerprint density at radius 1 is 1.15 bits per heavy atom. The fourth-order valence-corrected chi connectivity index (χ4v) is 2.10. The number of carbonyl (C=O) groups is 1. The van der Waals surface area contributed by atoms with Crippen LogP contribution in [0, 0.1) is 0 Å². The molecule has 0 aliphatic carbocycles. The maximum absolute atomic E-state index is 10.7. The van der Waals surface area contributed by atoms with E-state index in [4.69, 9.17) is 0 Å². The maximum Gasteiger partial charge on any atom is 0.216 e. The van der Waals surface area contributed by atoms with E-state index >= 15 is 0 Å². The maximum atomic E-state index is 10.7. The van der Waals surface area contributed by atoms with Gasteiger partial charge in [0.25, 0.3) is 0 Å². The molecule has 0 unspecified atom stereocenters. The summed E-state index contributed by atoms with van der Waals surface area (Å²) < 4.78 is 0. The Hall–Kier alpha value is -1.57. The standard InChI is InChI=1S/C18H27NO/c1-3-4-5-6-9-17-11-13-18(14-12-17)10-7-8-15-19-16(2)20/h7,10-14H,3-6,8-9,15H2,1-2H3,(H,19,20). The molecule has 0 atom stereocenters. The fourth-order valence-electron chi connectivity index (χ4n) is 2.10. The van der Waals surface area contributed by atoms with Crippen LogP contribution in [0.3, 0.4) is 0 Å². The molecule has 0 fully saturated rings. The first kappa shape index (κ1) is 16.5. The highest BCUT2D eigenvalue weighted by Crippen LogP contribution is 2.10. The van der Waals surface area contributed by atoms with Crippen LogP contribution in [-0.4, -0.2) is 12.5 Å². The van der Waals surface area contributed by atoms with E-state index < -0.39 is 0 Å². The van der Waals surface area contributed by atoms with E-state index in [1.165, 1.54) is 43.2 Å². The third-order valence-corrected chi connectivity index (χ3v) is 3.29. The van der Waals surface area contributed by atoms with E-state index in [1.54, 1.807) is 6.92 Å². The highest BCUT2D eigenvalue weighted by atomic mass is 16.1. The Balaban J connectivity index is 2.27. The molecule has 0 heterocycles. The van der Waals surface area contributed by atoms with Gasteiger partial charge in [0.1, 0.15) is 0 Å². The molecule has 1 amide bonds. The minimum atomic E-state index is 0.0332. The second kappa shape index (κ2) is 10.2. The lowest BCUT2D eigenvalue weighted by Gasteiger charge is -2.02. The SMILES string of the molecule is CCCCCCc1ccc(C=CCCNC(C)=O)cc1. The van der Waals surface area contributed by atoms with Crippen LogP contribution < -0.4 is 5.32 Å². The smallest absolute Gasteiger partial charge is 0.216 e. The van der Waals surface area contributed by atoms with E-state index in [9.17, 15) is 4.79 Å². The molecule has 0 bridgehead atoms. The van der Waals surface area contributed by atoms with Crippen LogP contribution in [0.1, 0.15) is 57.1 Å². The predicted octanol–water partition coefficient (Wildman–Crippen LogP) is 4.35. The summed E-state index contributed by atoms with van der Waals surface area (Å²) in [5, 5.41) is 2.78. The van der Waals surface area contributed by atoms with Gasteiger partial charge in [0.15, 0.2) is 0 Å². The highest BCUT2D eigenvalue weighted by molar-refractivity contribution is 5.72. The minimum absolute atomic E-state index is 0.0332. The Morgan fingerprint density at radius 2 is 1.90 bits per heavy atom. The van der Waals surface area contributed by atoms with Crippen molar-refractivity contribution < 1.29 is 4.79 Å². The second-order valence-corrected chi connectivity index (χ2v) is 5.23. The Kier molecular flexibility index (Phi) is 8.44. The number of aryl methyl sites for hydroxylation is 1. The minimum Gasteiger partial charge on any atom is -0.356 e. The highest BCUT2D eigenvalue weighted by Gasteiger charge is 1.94. The Bertz CT molecular complexity index is 406. The molecule has 1 N–H and O–H groups in total. The van der Waals surface area contributed by atoms with Crippen molar-refractivity contribution in [3.8, 4) is 0 Å². The molecular weight excluding hydrogens is 246 g/mol. The molecule has 0 radical (unpaired) electrons. The quantitative estimate of drug-likeness (QED) is 0.666. The molecule has 110 valence electrons. The van der Waals surface area contributed by atoms with E-state index in [2.05, 4.69) is 48.7 Å². The van der Waals surface area contributed by atoms with Crippen LogP contribution in [0.5, 0.6) is 0 Å². The molecule has 2 heteroatoms. The molecule has 1 aromatic rings. The van der Waals surface area contributed by atoms with Gasteiger partial charge in [0.05, 0.1) is 0 Å². The number of hydrogen-bond acceptors (Lipinski definition) is 1. The largest absolute Gasteiger partial charge is 0.356 e. The fraction of sp³-hybridized carbons (Fsp3) is 0.500. The molecule has 0 saturated heterocycles. The topological polar surface area (TPSA) is 29.1 Å². The van der Waals surface area contributed by atoms with Crippen molar-refractivity contribution in [3.63, 3.8) is 0 Å². The monoisotopic (exact) mass is 273 g/mol. The summed E-state index contributed by atoms with van der Waals surface area (Å²) in [7, 11) is 0. The summed E-state index contributed by atoms with van der Waals surface area (Å²) in [5.41, 5.74) is 2.65. The van der Waals surface area contributed by atoms with Crippen LogP contribution in [0.4, 0.5) is 0 Å². The molecule has 0 aliphatic rings. The van der Waals surface area contributed by atoms with Gasteiger partial charge in [-0.25, -0.2) is 0 Å². The number of hydrogen-bond donors (Lipinski definition) is 1. The Labute approximate surface area is 123 Å². The van der Waals surface area contributed by atoms with Gasteiger partial charge in [-0.2, -0.15) is 0 Å². The van der Waals surface area contributed by atoms with Gasteiger partial charge in [-0.1, -0.05) is 62.6 Å². The molecule has 0 aliphatic heterocycles. The summed E-state index contributed by atoms with van der Waals surface area (Å²) in [6.45, 7) is 4.50. The number of amides is 1. The summed E-state index contributed by atoms with van der Waals surface area (Å²) >= 11 is 0. The van der Waals surface area contributed by atoms with Gasteiger partial charge in [0, 0.05) is 13.5 Å².